The van der Waals surface area contributed by atoms with E-state index >= 15 is 0 Å². The molecule has 0 aliphatic heterocycles. The minimum absolute atomic E-state index is 0.372. The molecule has 0 saturated carbocycles. The number of carbonyl (C=O) groups excluding carboxylic acids is 1. The Morgan fingerprint density at radius 1 is 1.86 bits per heavy atom. The van der Waals surface area contributed by atoms with Gasteiger partial charge >= 0.3 is 54.5 Å². The van der Waals surface area contributed by atoms with Crippen LogP contribution in [0.3, 0.4) is 0 Å². The van der Waals surface area contributed by atoms with Crippen molar-refractivity contribution in [1.29, 1.82) is 0 Å². The van der Waals surface area contributed by atoms with Gasteiger partial charge in [0, 0.05) is 0 Å². The topological polar surface area (TPSA) is 26.3 Å². The third-order valence-electron chi connectivity index (χ3n) is 0.404. The van der Waals surface area contributed by atoms with Crippen molar-refractivity contribution in [2.45, 2.75) is 6.92 Å². The molecule has 0 N–H and O–H groups in total. The molecule has 0 heterocycles. The molecule has 0 fully saturated rings. The van der Waals surface area contributed by atoms with Gasteiger partial charge in [0.15, 0.2) is 0 Å². The second-order valence-corrected chi connectivity index (χ2v) is 1.57. The molecule has 0 aromatic carbocycles. The third kappa shape index (κ3) is 2.62. The molecule has 3 heteroatoms. The van der Waals surface area contributed by atoms with E-state index in [1.807, 2.05) is 0 Å². The van der Waals surface area contributed by atoms with Gasteiger partial charge in [-0.1, -0.05) is 0 Å². The van der Waals surface area contributed by atoms with Gasteiger partial charge in [0.1, 0.15) is 0 Å². The molecule has 2 nitrogen and oxygen atoms in total. The first-order chi connectivity index (χ1) is 3.18. The molecule has 0 amide bonds. The monoisotopic (exact) mass is 282 g/mol. The first-order valence-corrected chi connectivity index (χ1v) is 2.52. The molecule has 0 radical (unpaired) electrons. The van der Waals surface area contributed by atoms with Crippen molar-refractivity contribution in [2.75, 3.05) is 0 Å². The summed E-state index contributed by atoms with van der Waals surface area (Å²) in [6.07, 6.45) is 0. The summed E-state index contributed by atoms with van der Waals surface area (Å²) in [4.78, 5) is 10.2. The van der Waals surface area contributed by atoms with Gasteiger partial charge in [0.2, 0.25) is 0 Å². The van der Waals surface area contributed by atoms with Crippen molar-refractivity contribution in [2.24, 2.45) is 0 Å². The molecule has 0 rings (SSSR count). The zero-order chi connectivity index (χ0) is 5.86. The summed E-state index contributed by atoms with van der Waals surface area (Å²) in [6, 6.07) is 0. The van der Waals surface area contributed by atoms with Crippen molar-refractivity contribution < 1.29 is 29.5 Å². The van der Waals surface area contributed by atoms with Crippen LogP contribution in [0, 0.1) is 0 Å². The number of hydrogen-bond donors (Lipinski definition) is 0. The summed E-state index contributed by atoms with van der Waals surface area (Å²) in [5.41, 5.74) is 0.419. The minimum atomic E-state index is -0.372. The predicted molar refractivity (Wildman–Crippen MR) is 20.9 cm³/mol. The van der Waals surface area contributed by atoms with E-state index in [-0.39, 0.29) is 5.97 Å². The summed E-state index contributed by atoms with van der Waals surface area (Å²) in [5.74, 6) is -0.372. The molecule has 0 aliphatic carbocycles. The van der Waals surface area contributed by atoms with Crippen molar-refractivity contribution in [3.05, 3.63) is 12.2 Å². The fourth-order valence-corrected chi connectivity index (χ4v) is 0.430. The Morgan fingerprint density at radius 2 is 2.29 bits per heavy atom. The summed E-state index contributed by atoms with van der Waals surface area (Å²) in [5, 5.41) is 0. The fraction of sp³-hybridized carbons (Fsp3) is 0.250. The number of rotatable bonds is 1. The van der Waals surface area contributed by atoms with E-state index in [0.717, 1.165) is 0 Å². The first kappa shape index (κ1) is 6.95. The van der Waals surface area contributed by atoms with Crippen LogP contribution in [0.15, 0.2) is 12.2 Å². The summed E-state index contributed by atoms with van der Waals surface area (Å²) in [6.45, 7) is 4.94. The van der Waals surface area contributed by atoms with Crippen LogP contribution in [0.2, 0.25) is 0 Å². The summed E-state index contributed by atoms with van der Waals surface area (Å²) < 4.78 is 4.22. The fourth-order valence-electron chi connectivity index (χ4n) is 0.0525. The predicted octanol–water partition coefficient (Wildman–Crippen LogP) is 0.567. The number of carbonyl (C=O) groups is 1. The quantitative estimate of drug-likeness (QED) is 0.519. The molecule has 0 aromatic rings. The van der Waals surface area contributed by atoms with Gasteiger partial charge in [0.25, 0.3) is 0 Å². The normalized spacial score (nSPS) is 7.86. The van der Waals surface area contributed by atoms with Crippen LogP contribution >= 0.6 is 0 Å². The van der Waals surface area contributed by atoms with E-state index in [1.165, 1.54) is 0 Å². The Kier molecular flexibility index (Phi) is 3.00. The Morgan fingerprint density at radius 3 is 2.29 bits per heavy atom. The maximum absolute atomic E-state index is 10.2. The van der Waals surface area contributed by atoms with Crippen LogP contribution < -0.4 is 0 Å². The second kappa shape index (κ2) is 3.02. The molecule has 0 atom stereocenters. The van der Waals surface area contributed by atoms with Crippen LogP contribution in [-0.2, 0) is 29.5 Å². The molecule has 0 unspecified atom stereocenters. The first-order valence-electron chi connectivity index (χ1n) is 1.63. The van der Waals surface area contributed by atoms with E-state index in [1.54, 1.807) is 28.4 Å². The van der Waals surface area contributed by atoms with Crippen molar-refractivity contribution in [1.82, 2.24) is 0 Å². The van der Waals surface area contributed by atoms with E-state index in [0.29, 0.717) is 5.57 Å². The Labute approximate surface area is 55.0 Å². The van der Waals surface area contributed by atoms with Crippen molar-refractivity contribution in [3.63, 3.8) is 0 Å². The van der Waals surface area contributed by atoms with E-state index in [2.05, 4.69) is 9.82 Å². The maximum atomic E-state index is 10.2. The van der Waals surface area contributed by atoms with Crippen LogP contribution in [-0.4, -0.2) is 5.97 Å². The van der Waals surface area contributed by atoms with Gasteiger partial charge in [-0.15, -0.1) is 0 Å². The van der Waals surface area contributed by atoms with E-state index in [9.17, 15) is 4.79 Å². The third-order valence-corrected chi connectivity index (χ3v) is 0.806. The molecule has 0 saturated heterocycles. The zero-order valence-corrected chi connectivity index (χ0v) is 5.99. The summed E-state index contributed by atoms with van der Waals surface area (Å²) >= 11 is 1.68. The van der Waals surface area contributed by atoms with Crippen LogP contribution in [0.1, 0.15) is 6.92 Å². The number of hydrogen-bond acceptors (Lipinski definition) is 2. The molecule has 0 aromatic heterocycles. The van der Waals surface area contributed by atoms with Crippen molar-refractivity contribution in [3.8, 4) is 0 Å². The van der Waals surface area contributed by atoms with Gasteiger partial charge < -0.3 is 0 Å². The van der Waals surface area contributed by atoms with E-state index in [4.69, 9.17) is 0 Å². The van der Waals surface area contributed by atoms with Crippen LogP contribution in [0.4, 0.5) is 0 Å². The van der Waals surface area contributed by atoms with E-state index < -0.39 is 0 Å². The summed E-state index contributed by atoms with van der Waals surface area (Å²) in [7, 11) is 0. The Balaban J connectivity index is 3.58. The van der Waals surface area contributed by atoms with Crippen LogP contribution in [0.5, 0.6) is 0 Å². The van der Waals surface area contributed by atoms with Crippen LogP contribution in [0.25, 0.3) is 0 Å². The molecule has 7 heavy (non-hydrogen) atoms. The zero-order valence-electron chi connectivity index (χ0n) is 3.83. The molecular weight excluding hydrogens is 277 g/mol. The SMILES string of the molecule is C=C(C)C(=O)[O][Au]. The average molecular weight is 282 g/mol. The van der Waals surface area contributed by atoms with Gasteiger partial charge in [-0.3, -0.25) is 0 Å². The average Bonchev–Trinajstić information content (AvgIpc) is 1.65. The van der Waals surface area contributed by atoms with Gasteiger partial charge in [0.05, 0.1) is 0 Å². The Hall–Kier alpha value is -0.0497. The molecule has 0 aliphatic rings. The molecular formula is C4H5AuO2. The van der Waals surface area contributed by atoms with Gasteiger partial charge in [-0.25, -0.2) is 0 Å². The second-order valence-electron chi connectivity index (χ2n) is 1.13. The standard InChI is InChI=1S/C4H6O2.Au/c1-3(2)4(5)6;/h1H2,2H3,(H,5,6);/q;+1/p-1. The van der Waals surface area contributed by atoms with Gasteiger partial charge in [-0.05, 0) is 0 Å². The molecule has 0 spiro atoms. The molecule has 0 bridgehead atoms. The van der Waals surface area contributed by atoms with Gasteiger partial charge in [-0.2, -0.15) is 0 Å². The molecule has 44 valence electrons. The Bertz CT molecular complexity index is 97.9. The van der Waals surface area contributed by atoms with Crippen molar-refractivity contribution >= 4 is 5.97 Å².